The molecule has 0 heterocycles. The molecule has 19 heteroatoms. The second kappa shape index (κ2) is 60.9. The lowest BCUT2D eigenvalue weighted by Gasteiger charge is -2.21. The molecule has 504 valence electrons. The van der Waals surface area contributed by atoms with Crippen molar-refractivity contribution in [2.45, 2.75) is 361 Å². The lowest BCUT2D eigenvalue weighted by molar-refractivity contribution is -0.161. The molecule has 0 fully saturated rings. The Morgan fingerprint density at radius 1 is 0.282 bits per heavy atom. The Morgan fingerprint density at radius 2 is 0.471 bits per heavy atom. The van der Waals surface area contributed by atoms with Gasteiger partial charge >= 0.3 is 39.5 Å². The molecule has 0 aliphatic carbocycles. The number of hydrogen-bond acceptors (Lipinski definition) is 15. The molecule has 17 nitrogen and oxygen atoms in total. The Labute approximate surface area is 517 Å². The molecule has 0 amide bonds. The lowest BCUT2D eigenvalue weighted by Crippen LogP contribution is -2.30. The van der Waals surface area contributed by atoms with Gasteiger partial charge in [-0.05, 0) is 25.7 Å². The van der Waals surface area contributed by atoms with Crippen molar-refractivity contribution in [3.63, 3.8) is 0 Å². The average molecular weight is 1260 g/mol. The minimum absolute atomic E-state index is 0.106. The van der Waals surface area contributed by atoms with Crippen LogP contribution in [0.15, 0.2) is 0 Å². The van der Waals surface area contributed by atoms with Crippen LogP contribution in [0.3, 0.4) is 0 Å². The Balaban J connectivity index is 5.16. The van der Waals surface area contributed by atoms with Crippen molar-refractivity contribution in [2.75, 3.05) is 39.6 Å². The van der Waals surface area contributed by atoms with Crippen molar-refractivity contribution in [3.8, 4) is 0 Å². The van der Waals surface area contributed by atoms with Crippen LogP contribution in [0, 0.1) is 0 Å². The van der Waals surface area contributed by atoms with E-state index in [-0.39, 0.29) is 25.7 Å². The Kier molecular flexibility index (Phi) is 59.6. The number of hydrogen-bond donors (Lipinski definition) is 3. The second-order valence-electron chi connectivity index (χ2n) is 23.9. The smallest absolute Gasteiger partial charge is 0.462 e. The highest BCUT2D eigenvalue weighted by molar-refractivity contribution is 7.47. The van der Waals surface area contributed by atoms with Crippen LogP contribution in [0.5, 0.6) is 0 Å². The summed E-state index contributed by atoms with van der Waals surface area (Å²) in [6.07, 6.45) is 47.3. The van der Waals surface area contributed by atoms with Gasteiger partial charge in [-0.3, -0.25) is 37.3 Å². The molecule has 0 radical (unpaired) electrons. The van der Waals surface area contributed by atoms with E-state index < -0.39 is 97.5 Å². The van der Waals surface area contributed by atoms with Gasteiger partial charge in [-0.25, -0.2) is 9.13 Å². The van der Waals surface area contributed by atoms with E-state index in [0.29, 0.717) is 25.7 Å². The third kappa shape index (κ3) is 60.7. The summed E-state index contributed by atoms with van der Waals surface area (Å²) in [5.74, 6) is -2.13. The fraction of sp³-hybridized carbons (Fsp3) is 0.939. The van der Waals surface area contributed by atoms with Crippen molar-refractivity contribution in [3.05, 3.63) is 0 Å². The number of aliphatic hydroxyl groups excluding tert-OH is 1. The van der Waals surface area contributed by atoms with E-state index in [4.69, 9.17) is 37.0 Å². The Hall–Kier alpha value is -1.94. The first-order valence-corrected chi connectivity index (χ1v) is 37.8. The van der Waals surface area contributed by atoms with Crippen LogP contribution in [-0.4, -0.2) is 96.7 Å². The molecule has 0 aliphatic rings. The van der Waals surface area contributed by atoms with E-state index in [1.54, 1.807) is 0 Å². The largest absolute Gasteiger partial charge is 0.472 e. The van der Waals surface area contributed by atoms with Crippen molar-refractivity contribution < 1.29 is 80.2 Å². The molecule has 0 bridgehead atoms. The Bertz CT molecular complexity index is 1640. The minimum atomic E-state index is -4.94. The molecule has 85 heavy (non-hydrogen) atoms. The van der Waals surface area contributed by atoms with Gasteiger partial charge in [-0.2, -0.15) is 0 Å². The van der Waals surface area contributed by atoms with Gasteiger partial charge in [0.1, 0.15) is 19.3 Å². The van der Waals surface area contributed by atoms with Gasteiger partial charge < -0.3 is 33.8 Å². The molecule has 0 aromatic carbocycles. The molecular weight excluding hydrogens is 1130 g/mol. The van der Waals surface area contributed by atoms with Crippen LogP contribution >= 0.6 is 15.6 Å². The molecule has 2 unspecified atom stereocenters. The van der Waals surface area contributed by atoms with E-state index in [1.807, 2.05) is 0 Å². The summed E-state index contributed by atoms with van der Waals surface area (Å²) in [4.78, 5) is 72.2. The van der Waals surface area contributed by atoms with E-state index in [1.165, 1.54) is 167 Å². The summed E-state index contributed by atoms with van der Waals surface area (Å²) in [6, 6.07) is 0. The van der Waals surface area contributed by atoms with E-state index in [0.717, 1.165) is 96.3 Å². The predicted molar refractivity (Wildman–Crippen MR) is 340 cm³/mol. The highest BCUT2D eigenvalue weighted by Crippen LogP contribution is 2.45. The van der Waals surface area contributed by atoms with Crippen molar-refractivity contribution in [1.82, 2.24) is 0 Å². The molecule has 0 rings (SSSR count). The van der Waals surface area contributed by atoms with Gasteiger partial charge in [0, 0.05) is 25.7 Å². The summed E-state index contributed by atoms with van der Waals surface area (Å²) in [5.41, 5.74) is 0. The highest BCUT2D eigenvalue weighted by Gasteiger charge is 2.30. The highest BCUT2D eigenvalue weighted by atomic mass is 31.2. The van der Waals surface area contributed by atoms with Crippen LogP contribution in [0.4, 0.5) is 0 Å². The van der Waals surface area contributed by atoms with Crippen LogP contribution in [0.1, 0.15) is 342 Å². The van der Waals surface area contributed by atoms with Crippen LogP contribution in [0.25, 0.3) is 0 Å². The average Bonchev–Trinajstić information content (AvgIpc) is 3.58. The zero-order valence-electron chi connectivity index (χ0n) is 54.6. The predicted octanol–water partition coefficient (Wildman–Crippen LogP) is 18.7. The maximum atomic E-state index is 13.0. The molecular formula is C66H128O17P2. The van der Waals surface area contributed by atoms with E-state index >= 15 is 0 Å². The number of esters is 4. The Morgan fingerprint density at radius 3 is 0.694 bits per heavy atom. The first kappa shape index (κ1) is 83.1. The SMILES string of the molecule is CCCCCCCCCCCCCCCCCCCCC(=O)O[C@H](COC(=O)CCCCCCCCCCCC)COP(=O)(O)OC[C@@H](O)COP(=O)(O)OC[C@@H](COC(=O)CCCCCCCCCC)OC(=O)CCCCCCCCCCC. The van der Waals surface area contributed by atoms with E-state index in [2.05, 4.69) is 27.7 Å². The van der Waals surface area contributed by atoms with Crippen molar-refractivity contribution in [2.24, 2.45) is 0 Å². The number of aliphatic hydroxyl groups is 1. The summed E-state index contributed by atoms with van der Waals surface area (Å²) in [5, 5.41) is 10.5. The monoisotopic (exact) mass is 1250 g/mol. The third-order valence-electron chi connectivity index (χ3n) is 15.4. The van der Waals surface area contributed by atoms with Gasteiger partial charge in [-0.1, -0.05) is 291 Å². The summed E-state index contributed by atoms with van der Waals surface area (Å²) >= 11 is 0. The maximum Gasteiger partial charge on any atom is 0.472 e. The fourth-order valence-electron chi connectivity index (χ4n) is 9.99. The molecule has 0 aliphatic heterocycles. The zero-order chi connectivity index (χ0) is 62.6. The standard InChI is InChI=1S/C66H128O17P2/c1-5-9-13-17-21-25-27-28-29-30-31-32-33-34-37-41-45-49-53-66(71)83-62(57-77-64(69)51-47-43-39-36-26-22-18-14-10-6-2)59-81-85(74,75)79-55-60(67)54-78-84(72,73)80-58-61(56-76-63(68)50-46-42-38-24-20-16-12-8-4)82-65(70)52-48-44-40-35-23-19-15-11-7-3/h60-62,67H,5-59H2,1-4H3,(H,72,73)(H,74,75)/t60-,61+,62+/m0/s1. The number of unbranched alkanes of at least 4 members (excludes halogenated alkanes) is 41. The molecule has 3 N–H and O–H groups in total. The number of rotatable bonds is 67. The van der Waals surface area contributed by atoms with Crippen molar-refractivity contribution >= 4 is 39.5 Å². The fourth-order valence-corrected chi connectivity index (χ4v) is 11.6. The normalized spacial score (nSPS) is 14.1. The second-order valence-corrected chi connectivity index (χ2v) is 26.8. The zero-order valence-corrected chi connectivity index (χ0v) is 56.4. The quantitative estimate of drug-likeness (QED) is 0.0222. The summed E-state index contributed by atoms with van der Waals surface area (Å²) in [6.45, 7) is 4.86. The number of carbonyl (C=O) groups is 4. The van der Waals surface area contributed by atoms with Crippen LogP contribution < -0.4 is 0 Å². The number of ether oxygens (including phenoxy) is 4. The number of phosphoric acid groups is 2. The minimum Gasteiger partial charge on any atom is -0.462 e. The van der Waals surface area contributed by atoms with Gasteiger partial charge in [-0.15, -0.1) is 0 Å². The lowest BCUT2D eigenvalue weighted by atomic mass is 10.0. The van der Waals surface area contributed by atoms with Crippen LogP contribution in [-0.2, 0) is 65.4 Å². The van der Waals surface area contributed by atoms with Crippen LogP contribution in [0.2, 0.25) is 0 Å². The summed E-state index contributed by atoms with van der Waals surface area (Å²) in [7, 11) is -9.88. The third-order valence-corrected chi connectivity index (χ3v) is 17.3. The van der Waals surface area contributed by atoms with Gasteiger partial charge in [0.05, 0.1) is 26.4 Å². The van der Waals surface area contributed by atoms with Crippen molar-refractivity contribution in [1.29, 1.82) is 0 Å². The molecule has 5 atom stereocenters. The molecule has 0 spiro atoms. The summed E-state index contributed by atoms with van der Waals surface area (Å²) < 4.78 is 68.0. The van der Waals surface area contributed by atoms with Gasteiger partial charge in [0.25, 0.3) is 0 Å². The first-order chi connectivity index (χ1) is 41.2. The van der Waals surface area contributed by atoms with E-state index in [9.17, 15) is 43.2 Å². The molecule has 0 aromatic rings. The number of carbonyl (C=O) groups excluding carboxylic acids is 4. The topological polar surface area (TPSA) is 237 Å². The first-order valence-electron chi connectivity index (χ1n) is 34.8. The van der Waals surface area contributed by atoms with Gasteiger partial charge in [0.15, 0.2) is 12.2 Å². The maximum absolute atomic E-state index is 13.0. The molecule has 0 saturated heterocycles. The molecule has 0 aromatic heterocycles. The number of phosphoric ester groups is 2. The molecule has 0 saturated carbocycles. The van der Waals surface area contributed by atoms with Gasteiger partial charge in [0.2, 0.25) is 0 Å².